The lowest BCUT2D eigenvalue weighted by Gasteiger charge is -2.15. The highest BCUT2D eigenvalue weighted by molar-refractivity contribution is 5.92. The van der Waals surface area contributed by atoms with Crippen LogP contribution in [0.4, 0.5) is 11.6 Å². The van der Waals surface area contributed by atoms with Gasteiger partial charge in [0.05, 0.1) is 17.4 Å². The second kappa shape index (κ2) is 8.85. The Morgan fingerprint density at radius 3 is 2.67 bits per heavy atom. The SMILES string of the molecule is Cc1cc(-c2ncnc(Nc3cnn(C)c3)n2)ccc1CCC(=O)c1nnn(C(C)(C)C)n1. The van der Waals surface area contributed by atoms with Crippen molar-refractivity contribution in [3.8, 4) is 11.4 Å². The van der Waals surface area contributed by atoms with Crippen LogP contribution in [-0.4, -0.2) is 50.7 Å². The van der Waals surface area contributed by atoms with E-state index in [9.17, 15) is 4.79 Å². The monoisotopic (exact) mass is 446 g/mol. The van der Waals surface area contributed by atoms with Crippen LogP contribution in [0.1, 0.15) is 48.9 Å². The number of tetrazole rings is 1. The summed E-state index contributed by atoms with van der Waals surface area (Å²) < 4.78 is 1.69. The van der Waals surface area contributed by atoms with Crippen molar-refractivity contribution in [2.24, 2.45) is 7.05 Å². The zero-order chi connectivity index (χ0) is 23.6. The molecule has 11 nitrogen and oxygen atoms in total. The van der Waals surface area contributed by atoms with Gasteiger partial charge in [0.1, 0.15) is 6.33 Å². The van der Waals surface area contributed by atoms with Crippen molar-refractivity contribution >= 4 is 17.4 Å². The van der Waals surface area contributed by atoms with Gasteiger partial charge in [-0.3, -0.25) is 9.48 Å². The summed E-state index contributed by atoms with van der Waals surface area (Å²) >= 11 is 0. The van der Waals surface area contributed by atoms with Gasteiger partial charge in [-0.2, -0.15) is 14.9 Å². The molecular formula is C22H26N10O. The summed E-state index contributed by atoms with van der Waals surface area (Å²) in [7, 11) is 1.84. The summed E-state index contributed by atoms with van der Waals surface area (Å²) in [6.45, 7) is 7.88. The smallest absolute Gasteiger partial charge is 0.240 e. The molecule has 0 bridgehead atoms. The van der Waals surface area contributed by atoms with Crippen LogP contribution >= 0.6 is 0 Å². The second-order valence-corrected chi connectivity index (χ2v) is 8.80. The molecule has 0 fully saturated rings. The molecule has 0 aliphatic carbocycles. The Kier molecular flexibility index (Phi) is 5.95. The number of ketones is 1. The molecule has 0 saturated carbocycles. The van der Waals surface area contributed by atoms with E-state index >= 15 is 0 Å². The topological polar surface area (TPSA) is 129 Å². The maximum absolute atomic E-state index is 12.5. The van der Waals surface area contributed by atoms with Crippen molar-refractivity contribution in [2.75, 3.05) is 5.32 Å². The zero-order valence-electron chi connectivity index (χ0n) is 19.3. The van der Waals surface area contributed by atoms with E-state index in [4.69, 9.17) is 0 Å². The number of benzene rings is 1. The molecule has 4 aromatic rings. The molecule has 4 rings (SSSR count). The molecule has 0 unspecified atom stereocenters. The van der Waals surface area contributed by atoms with Crippen molar-refractivity contribution in [3.05, 3.63) is 53.9 Å². The minimum atomic E-state index is -0.319. The number of carbonyl (C=O) groups is 1. The van der Waals surface area contributed by atoms with Crippen LogP contribution in [0.5, 0.6) is 0 Å². The molecule has 1 N–H and O–H groups in total. The fraction of sp³-hybridized carbons (Fsp3) is 0.364. The van der Waals surface area contributed by atoms with E-state index in [0.717, 1.165) is 22.4 Å². The largest absolute Gasteiger partial charge is 0.321 e. The lowest BCUT2D eigenvalue weighted by molar-refractivity contribution is 0.0972. The number of hydrogen-bond donors (Lipinski definition) is 1. The van der Waals surface area contributed by atoms with E-state index in [-0.39, 0.29) is 17.1 Å². The number of nitrogens with one attached hydrogen (secondary N) is 1. The van der Waals surface area contributed by atoms with Crippen molar-refractivity contribution in [1.29, 1.82) is 0 Å². The minimum Gasteiger partial charge on any atom is -0.321 e. The molecule has 1 aromatic carbocycles. The normalized spacial score (nSPS) is 11.5. The number of rotatable bonds is 7. The highest BCUT2D eigenvalue weighted by Gasteiger charge is 2.20. The molecule has 3 heterocycles. The Morgan fingerprint density at radius 2 is 2.00 bits per heavy atom. The molecule has 0 aliphatic heterocycles. The number of aromatic nitrogens is 9. The van der Waals surface area contributed by atoms with E-state index in [1.807, 2.05) is 59.1 Å². The first-order chi connectivity index (χ1) is 15.7. The maximum atomic E-state index is 12.5. The minimum absolute atomic E-state index is 0.127. The standard InChI is InChI=1S/C22H26N10O/c1-14-10-16(19-23-13-24-21(27-19)26-17-11-25-31(5)12-17)7-6-15(14)8-9-18(33)20-28-30-32(29-20)22(2,3)4/h6-7,10-13H,8-9H2,1-5H3,(H,23,24,26,27). The number of anilines is 2. The second-order valence-electron chi connectivity index (χ2n) is 8.80. The van der Waals surface area contributed by atoms with Gasteiger partial charge >= 0.3 is 0 Å². The molecule has 11 heteroatoms. The van der Waals surface area contributed by atoms with Crippen LogP contribution < -0.4 is 5.32 Å². The summed E-state index contributed by atoms with van der Waals surface area (Å²) in [5.41, 5.74) is 3.46. The predicted molar refractivity (Wildman–Crippen MR) is 122 cm³/mol. The number of carbonyl (C=O) groups excluding carboxylic acids is 1. The average molecular weight is 447 g/mol. The Bertz CT molecular complexity index is 1280. The molecule has 0 saturated heterocycles. The molecule has 3 aromatic heterocycles. The molecule has 0 spiro atoms. The van der Waals surface area contributed by atoms with Crippen molar-refractivity contribution in [1.82, 2.24) is 44.9 Å². The molecule has 33 heavy (non-hydrogen) atoms. The van der Waals surface area contributed by atoms with Gasteiger partial charge < -0.3 is 5.32 Å². The van der Waals surface area contributed by atoms with Crippen LogP contribution in [0.2, 0.25) is 0 Å². The first-order valence-corrected chi connectivity index (χ1v) is 10.6. The maximum Gasteiger partial charge on any atom is 0.240 e. The third-order valence-electron chi connectivity index (χ3n) is 5.02. The lowest BCUT2D eigenvalue weighted by atomic mass is 9.99. The summed E-state index contributed by atoms with van der Waals surface area (Å²) in [6.07, 6.45) is 5.90. The van der Waals surface area contributed by atoms with E-state index in [2.05, 4.69) is 40.8 Å². The molecule has 0 aliphatic rings. The molecule has 0 amide bonds. The number of nitrogens with zero attached hydrogens (tertiary/aromatic N) is 9. The van der Waals surface area contributed by atoms with E-state index in [1.54, 1.807) is 10.9 Å². The Balaban J connectivity index is 1.43. The van der Waals surface area contributed by atoms with Gasteiger partial charge in [-0.15, -0.1) is 10.2 Å². The first-order valence-electron chi connectivity index (χ1n) is 10.6. The van der Waals surface area contributed by atoms with E-state index in [0.29, 0.717) is 24.6 Å². The Hall–Kier alpha value is -4.02. The van der Waals surface area contributed by atoms with Crippen LogP contribution in [0.3, 0.4) is 0 Å². The first kappa shape index (κ1) is 22.2. The van der Waals surface area contributed by atoms with Gasteiger partial charge in [0.25, 0.3) is 0 Å². The van der Waals surface area contributed by atoms with Gasteiger partial charge in [0, 0.05) is 25.2 Å². The highest BCUT2D eigenvalue weighted by atomic mass is 16.1. The molecule has 170 valence electrons. The van der Waals surface area contributed by atoms with Gasteiger partial charge in [0.15, 0.2) is 5.82 Å². The molecule has 0 radical (unpaired) electrons. The number of Topliss-reactive ketones (excluding diaryl/α,β-unsaturated/α-hetero) is 1. The average Bonchev–Trinajstić information content (AvgIpc) is 3.42. The summed E-state index contributed by atoms with van der Waals surface area (Å²) in [6, 6.07) is 5.96. The molecular weight excluding hydrogens is 420 g/mol. The Morgan fingerprint density at radius 1 is 1.18 bits per heavy atom. The summed E-state index contributed by atoms with van der Waals surface area (Å²) in [5.74, 6) is 1.02. The quantitative estimate of drug-likeness (QED) is 0.426. The van der Waals surface area contributed by atoms with Gasteiger partial charge in [-0.25, -0.2) is 9.97 Å². The van der Waals surface area contributed by atoms with Gasteiger partial charge in [0.2, 0.25) is 17.6 Å². The van der Waals surface area contributed by atoms with Crippen molar-refractivity contribution in [3.63, 3.8) is 0 Å². The van der Waals surface area contributed by atoms with Gasteiger partial charge in [-0.1, -0.05) is 12.1 Å². The molecule has 0 atom stereocenters. The van der Waals surface area contributed by atoms with Crippen LogP contribution in [0.25, 0.3) is 11.4 Å². The predicted octanol–water partition coefficient (Wildman–Crippen LogP) is 2.88. The van der Waals surface area contributed by atoms with Crippen molar-refractivity contribution < 1.29 is 4.79 Å². The third-order valence-corrected chi connectivity index (χ3v) is 5.02. The van der Waals surface area contributed by atoms with Crippen LogP contribution in [0, 0.1) is 6.92 Å². The van der Waals surface area contributed by atoms with E-state index in [1.165, 1.54) is 11.1 Å². The highest BCUT2D eigenvalue weighted by Crippen LogP contribution is 2.22. The summed E-state index contributed by atoms with van der Waals surface area (Å²) in [5, 5.41) is 19.4. The summed E-state index contributed by atoms with van der Waals surface area (Å²) in [4.78, 5) is 27.0. The number of aryl methyl sites for hydroxylation is 3. The van der Waals surface area contributed by atoms with E-state index < -0.39 is 0 Å². The lowest BCUT2D eigenvalue weighted by Crippen LogP contribution is -2.25. The zero-order valence-corrected chi connectivity index (χ0v) is 19.3. The fourth-order valence-corrected chi connectivity index (χ4v) is 3.20. The Labute approximate surface area is 191 Å². The number of hydrogen-bond acceptors (Lipinski definition) is 9. The van der Waals surface area contributed by atoms with Gasteiger partial charge in [-0.05, 0) is 56.5 Å². The third kappa shape index (κ3) is 5.25. The van der Waals surface area contributed by atoms with Crippen LogP contribution in [-0.2, 0) is 19.0 Å². The fourth-order valence-electron chi connectivity index (χ4n) is 3.20. The van der Waals surface area contributed by atoms with Crippen molar-refractivity contribution in [2.45, 2.75) is 46.1 Å². The van der Waals surface area contributed by atoms with Crippen LogP contribution in [0.15, 0.2) is 36.9 Å².